The van der Waals surface area contributed by atoms with Crippen molar-refractivity contribution in [1.29, 1.82) is 0 Å². The van der Waals surface area contributed by atoms with Gasteiger partial charge in [0, 0.05) is 17.7 Å². The quantitative estimate of drug-likeness (QED) is 0.514. The summed E-state index contributed by atoms with van der Waals surface area (Å²) in [5.41, 5.74) is 1.52. The maximum atomic E-state index is 12.1. The van der Waals surface area contributed by atoms with E-state index in [0.717, 1.165) is 5.56 Å². The SMILES string of the molecule is O=C(NCc1ncoc1-c1ccccc1)Nc1ccc([N+](=O)[O-])cc1Cl. The van der Waals surface area contributed by atoms with Crippen LogP contribution < -0.4 is 10.6 Å². The maximum Gasteiger partial charge on any atom is 0.319 e. The highest BCUT2D eigenvalue weighted by Crippen LogP contribution is 2.26. The number of aromatic nitrogens is 1. The van der Waals surface area contributed by atoms with Gasteiger partial charge in [-0.15, -0.1) is 0 Å². The number of anilines is 1. The normalized spacial score (nSPS) is 10.3. The molecule has 9 heteroatoms. The van der Waals surface area contributed by atoms with Crippen LogP contribution in [0.5, 0.6) is 0 Å². The molecule has 2 amide bonds. The molecule has 132 valence electrons. The van der Waals surface area contributed by atoms with Gasteiger partial charge in [0.25, 0.3) is 5.69 Å². The zero-order valence-corrected chi connectivity index (χ0v) is 14.1. The van der Waals surface area contributed by atoms with E-state index in [9.17, 15) is 14.9 Å². The Balaban J connectivity index is 1.64. The summed E-state index contributed by atoms with van der Waals surface area (Å²) in [5.74, 6) is 0.569. The van der Waals surface area contributed by atoms with Crippen molar-refractivity contribution in [3.8, 4) is 11.3 Å². The summed E-state index contributed by atoms with van der Waals surface area (Å²) in [6.07, 6.45) is 1.31. The fraction of sp³-hybridized carbons (Fsp3) is 0.0588. The number of halogens is 1. The second kappa shape index (κ2) is 7.66. The van der Waals surface area contributed by atoms with Crippen LogP contribution >= 0.6 is 11.6 Å². The van der Waals surface area contributed by atoms with Crippen molar-refractivity contribution in [2.45, 2.75) is 6.54 Å². The summed E-state index contributed by atoms with van der Waals surface area (Å²) in [5, 5.41) is 15.9. The standard InChI is InChI=1S/C17H13ClN4O4/c18-13-8-12(22(24)25)6-7-14(13)21-17(23)19-9-15-16(26-10-20-15)11-4-2-1-3-5-11/h1-8,10H,9H2,(H2,19,21,23). The number of nitro benzene ring substituents is 1. The van der Waals surface area contributed by atoms with E-state index in [1.54, 1.807) is 0 Å². The van der Waals surface area contributed by atoms with E-state index in [4.69, 9.17) is 16.0 Å². The molecule has 26 heavy (non-hydrogen) atoms. The van der Waals surface area contributed by atoms with Gasteiger partial charge < -0.3 is 15.1 Å². The average molecular weight is 373 g/mol. The van der Waals surface area contributed by atoms with E-state index in [-0.39, 0.29) is 22.9 Å². The topological polar surface area (TPSA) is 110 Å². The number of rotatable bonds is 5. The molecule has 0 radical (unpaired) electrons. The molecule has 1 heterocycles. The number of nitrogens with zero attached hydrogens (tertiary/aromatic N) is 2. The highest BCUT2D eigenvalue weighted by Gasteiger charge is 2.14. The zero-order valence-electron chi connectivity index (χ0n) is 13.3. The summed E-state index contributed by atoms with van der Waals surface area (Å²) >= 11 is 5.95. The molecule has 2 aromatic carbocycles. The second-order valence-electron chi connectivity index (χ2n) is 5.22. The highest BCUT2D eigenvalue weighted by molar-refractivity contribution is 6.33. The van der Waals surface area contributed by atoms with Crippen molar-refractivity contribution in [2.24, 2.45) is 0 Å². The summed E-state index contributed by atoms with van der Waals surface area (Å²) in [6.45, 7) is 0.136. The molecule has 8 nitrogen and oxygen atoms in total. The second-order valence-corrected chi connectivity index (χ2v) is 5.63. The largest absolute Gasteiger partial charge is 0.443 e. The minimum atomic E-state index is -0.564. The summed E-state index contributed by atoms with van der Waals surface area (Å²) in [7, 11) is 0. The smallest absolute Gasteiger partial charge is 0.319 e. The van der Waals surface area contributed by atoms with Crippen LogP contribution in [-0.2, 0) is 6.54 Å². The Morgan fingerprint density at radius 1 is 1.23 bits per heavy atom. The Morgan fingerprint density at radius 2 is 2.00 bits per heavy atom. The third-order valence-electron chi connectivity index (χ3n) is 3.51. The first kappa shape index (κ1) is 17.4. The van der Waals surface area contributed by atoms with Gasteiger partial charge in [0.15, 0.2) is 12.2 Å². The first-order chi connectivity index (χ1) is 12.5. The number of nitrogens with one attached hydrogen (secondary N) is 2. The number of benzene rings is 2. The van der Waals surface area contributed by atoms with E-state index < -0.39 is 11.0 Å². The van der Waals surface area contributed by atoms with Crippen LogP contribution in [0.25, 0.3) is 11.3 Å². The monoisotopic (exact) mass is 372 g/mol. The van der Waals surface area contributed by atoms with Gasteiger partial charge in [-0.2, -0.15) is 0 Å². The predicted molar refractivity (Wildman–Crippen MR) is 95.9 cm³/mol. The lowest BCUT2D eigenvalue weighted by atomic mass is 10.1. The van der Waals surface area contributed by atoms with Crippen LogP contribution in [0, 0.1) is 10.1 Å². The van der Waals surface area contributed by atoms with Crippen LogP contribution in [0.15, 0.2) is 59.3 Å². The molecule has 0 fully saturated rings. The van der Waals surface area contributed by atoms with E-state index in [1.165, 1.54) is 24.6 Å². The number of nitro groups is 1. The van der Waals surface area contributed by atoms with Gasteiger partial charge >= 0.3 is 6.03 Å². The fourth-order valence-corrected chi connectivity index (χ4v) is 2.49. The molecule has 1 aromatic heterocycles. The molecule has 0 bridgehead atoms. The van der Waals surface area contributed by atoms with Gasteiger partial charge in [-0.3, -0.25) is 10.1 Å². The van der Waals surface area contributed by atoms with Crippen LogP contribution in [0.2, 0.25) is 5.02 Å². The molecule has 2 N–H and O–H groups in total. The van der Waals surface area contributed by atoms with Crippen molar-refractivity contribution >= 4 is 29.0 Å². The molecule has 0 aliphatic carbocycles. The fourth-order valence-electron chi connectivity index (χ4n) is 2.27. The van der Waals surface area contributed by atoms with Crippen LogP contribution in [0.3, 0.4) is 0 Å². The molecule has 0 saturated heterocycles. The van der Waals surface area contributed by atoms with Gasteiger partial charge in [-0.25, -0.2) is 9.78 Å². The van der Waals surface area contributed by atoms with Crippen molar-refractivity contribution < 1.29 is 14.1 Å². The van der Waals surface area contributed by atoms with Crippen LogP contribution in [-0.4, -0.2) is 15.9 Å². The molecule has 0 aliphatic heterocycles. The summed E-state index contributed by atoms with van der Waals surface area (Å²) < 4.78 is 5.39. The Kier molecular flexibility index (Phi) is 5.14. The molecule has 0 unspecified atom stereocenters. The molecular formula is C17H13ClN4O4. The molecular weight excluding hydrogens is 360 g/mol. The minimum Gasteiger partial charge on any atom is -0.443 e. The van der Waals surface area contributed by atoms with Crippen molar-refractivity contribution in [2.75, 3.05) is 5.32 Å². The van der Waals surface area contributed by atoms with Gasteiger partial charge in [0.05, 0.1) is 22.2 Å². The lowest BCUT2D eigenvalue weighted by molar-refractivity contribution is -0.384. The lowest BCUT2D eigenvalue weighted by Crippen LogP contribution is -2.28. The zero-order chi connectivity index (χ0) is 18.5. The van der Waals surface area contributed by atoms with E-state index in [2.05, 4.69) is 15.6 Å². The Morgan fingerprint density at radius 3 is 2.69 bits per heavy atom. The number of urea groups is 1. The van der Waals surface area contributed by atoms with Crippen molar-refractivity contribution in [1.82, 2.24) is 10.3 Å². The van der Waals surface area contributed by atoms with Crippen molar-refractivity contribution in [3.63, 3.8) is 0 Å². The van der Waals surface area contributed by atoms with Gasteiger partial charge in [0.1, 0.15) is 5.69 Å². The number of oxazole rings is 1. The van der Waals surface area contributed by atoms with Crippen LogP contribution in [0.1, 0.15) is 5.69 Å². The summed E-state index contributed by atoms with van der Waals surface area (Å²) in [6, 6.07) is 12.7. The maximum absolute atomic E-state index is 12.1. The van der Waals surface area contributed by atoms with E-state index in [1.807, 2.05) is 30.3 Å². The molecule has 3 rings (SSSR count). The number of carbonyl (C=O) groups excluding carboxylic acids is 1. The molecule has 0 atom stereocenters. The minimum absolute atomic E-state index is 0.0701. The van der Waals surface area contributed by atoms with Gasteiger partial charge in [0.2, 0.25) is 0 Å². The predicted octanol–water partition coefficient (Wildman–Crippen LogP) is 4.22. The molecule has 0 aliphatic rings. The number of carbonyl (C=O) groups is 1. The number of hydrogen-bond acceptors (Lipinski definition) is 5. The molecule has 3 aromatic rings. The number of hydrogen-bond donors (Lipinski definition) is 2. The van der Waals surface area contributed by atoms with E-state index >= 15 is 0 Å². The number of amides is 2. The Hall–Kier alpha value is -3.39. The third kappa shape index (κ3) is 3.98. The average Bonchev–Trinajstić information content (AvgIpc) is 3.11. The first-order valence-corrected chi connectivity index (χ1v) is 7.89. The third-order valence-corrected chi connectivity index (χ3v) is 3.82. The number of non-ortho nitro benzene ring substituents is 1. The van der Waals surface area contributed by atoms with Gasteiger partial charge in [-0.1, -0.05) is 41.9 Å². The lowest BCUT2D eigenvalue weighted by Gasteiger charge is -2.08. The van der Waals surface area contributed by atoms with Gasteiger partial charge in [-0.05, 0) is 6.07 Å². The molecule has 0 spiro atoms. The first-order valence-electron chi connectivity index (χ1n) is 7.51. The van der Waals surface area contributed by atoms with E-state index in [0.29, 0.717) is 11.5 Å². The Labute approximate surface area is 153 Å². The Bertz CT molecular complexity index is 943. The van der Waals surface area contributed by atoms with Crippen LogP contribution in [0.4, 0.5) is 16.2 Å². The van der Waals surface area contributed by atoms with Crippen molar-refractivity contribution in [3.05, 3.63) is 75.8 Å². The summed E-state index contributed by atoms with van der Waals surface area (Å²) in [4.78, 5) is 26.3. The molecule has 0 saturated carbocycles. The highest BCUT2D eigenvalue weighted by atomic mass is 35.5.